The van der Waals surface area contributed by atoms with Crippen molar-refractivity contribution in [3.63, 3.8) is 0 Å². The van der Waals surface area contributed by atoms with Crippen molar-refractivity contribution in [3.05, 3.63) is 12.7 Å². The number of aliphatic hydroxyl groups excluding tert-OH is 1. The second-order valence-corrected chi connectivity index (χ2v) is 2.35. The Balaban J connectivity index is 2.50. The van der Waals surface area contributed by atoms with E-state index in [4.69, 9.17) is 5.11 Å². The average molecular weight is 142 g/mol. The van der Waals surface area contributed by atoms with E-state index >= 15 is 0 Å². The van der Waals surface area contributed by atoms with Crippen LogP contribution in [0.3, 0.4) is 0 Å². The topological polar surface area (TPSA) is 46.5 Å². The van der Waals surface area contributed by atoms with Gasteiger partial charge >= 0.3 is 5.97 Å². The van der Waals surface area contributed by atoms with Crippen LogP contribution in [0.4, 0.5) is 0 Å². The Bertz CT molecular complexity index is 153. The van der Waals surface area contributed by atoms with Crippen molar-refractivity contribution in [3.8, 4) is 0 Å². The Labute approximate surface area is 59.3 Å². The Hall–Kier alpha value is -0.830. The van der Waals surface area contributed by atoms with E-state index in [9.17, 15) is 4.79 Å². The fraction of sp³-hybridized carbons (Fsp3) is 0.571. The molecule has 1 saturated heterocycles. The molecule has 1 fully saturated rings. The van der Waals surface area contributed by atoms with Gasteiger partial charge in [-0.05, 0) is 0 Å². The quantitative estimate of drug-likeness (QED) is 0.417. The van der Waals surface area contributed by atoms with Crippen molar-refractivity contribution in [2.75, 3.05) is 6.61 Å². The summed E-state index contributed by atoms with van der Waals surface area (Å²) in [6.07, 6.45) is 1.10. The largest absolute Gasteiger partial charge is 0.465 e. The van der Waals surface area contributed by atoms with Crippen molar-refractivity contribution in [1.82, 2.24) is 0 Å². The highest BCUT2D eigenvalue weighted by atomic mass is 16.5. The van der Waals surface area contributed by atoms with Crippen LogP contribution in [0.5, 0.6) is 0 Å². The molecule has 1 rings (SSSR count). The summed E-state index contributed by atoms with van der Waals surface area (Å²) in [6, 6.07) is 0. The van der Waals surface area contributed by atoms with Gasteiger partial charge in [0.1, 0.15) is 6.61 Å². The molecule has 0 amide bonds. The van der Waals surface area contributed by atoms with Crippen molar-refractivity contribution < 1.29 is 14.6 Å². The van der Waals surface area contributed by atoms with Crippen LogP contribution in [0, 0.1) is 5.92 Å². The van der Waals surface area contributed by atoms with Crippen LogP contribution in [0.1, 0.15) is 6.42 Å². The van der Waals surface area contributed by atoms with E-state index in [1.807, 2.05) is 0 Å². The molecule has 1 aliphatic rings. The first-order valence-corrected chi connectivity index (χ1v) is 3.20. The van der Waals surface area contributed by atoms with Crippen LogP contribution in [0.25, 0.3) is 0 Å². The molecular formula is C7H10O3. The fourth-order valence-corrected chi connectivity index (χ4v) is 0.906. The van der Waals surface area contributed by atoms with Gasteiger partial charge in [0, 0.05) is 5.92 Å². The third kappa shape index (κ3) is 1.36. The van der Waals surface area contributed by atoms with Crippen molar-refractivity contribution in [2.45, 2.75) is 12.5 Å². The van der Waals surface area contributed by atoms with Crippen molar-refractivity contribution >= 4 is 5.97 Å². The van der Waals surface area contributed by atoms with Crippen LogP contribution in [0.2, 0.25) is 0 Å². The lowest BCUT2D eigenvalue weighted by molar-refractivity contribution is -0.154. The van der Waals surface area contributed by atoms with Gasteiger partial charge in [-0.15, -0.1) is 6.58 Å². The van der Waals surface area contributed by atoms with Crippen LogP contribution in [0.15, 0.2) is 12.7 Å². The number of hydrogen-bond donors (Lipinski definition) is 1. The van der Waals surface area contributed by atoms with Gasteiger partial charge in [-0.1, -0.05) is 6.08 Å². The molecular weight excluding hydrogens is 132 g/mol. The number of esters is 1. The van der Waals surface area contributed by atoms with Gasteiger partial charge in [-0.3, -0.25) is 4.79 Å². The molecule has 2 atom stereocenters. The van der Waals surface area contributed by atoms with Crippen LogP contribution in [-0.4, -0.2) is 23.8 Å². The molecule has 0 aromatic rings. The molecule has 56 valence electrons. The molecule has 0 spiro atoms. The van der Waals surface area contributed by atoms with Crippen LogP contribution >= 0.6 is 0 Å². The standard InChI is InChI=1S/C7H10O3/c1-2-5-4-10-7(9)3-6(5)8/h2,5-6,8H,1,3-4H2/t5-,6?/m0/s1. The number of cyclic esters (lactones) is 1. The van der Waals surface area contributed by atoms with Crippen LogP contribution < -0.4 is 0 Å². The number of ether oxygens (including phenoxy) is 1. The smallest absolute Gasteiger partial charge is 0.308 e. The van der Waals surface area contributed by atoms with Crippen molar-refractivity contribution in [2.24, 2.45) is 5.92 Å². The molecule has 0 aromatic heterocycles. The second kappa shape index (κ2) is 2.84. The minimum atomic E-state index is -0.598. The summed E-state index contributed by atoms with van der Waals surface area (Å²) < 4.78 is 4.68. The monoisotopic (exact) mass is 142 g/mol. The highest BCUT2D eigenvalue weighted by Gasteiger charge is 2.26. The molecule has 1 unspecified atom stereocenters. The lowest BCUT2D eigenvalue weighted by atomic mass is 9.99. The van der Waals surface area contributed by atoms with Gasteiger partial charge in [0.05, 0.1) is 12.5 Å². The first-order valence-electron chi connectivity index (χ1n) is 3.20. The van der Waals surface area contributed by atoms with Crippen LogP contribution in [-0.2, 0) is 9.53 Å². The van der Waals surface area contributed by atoms with E-state index in [2.05, 4.69) is 11.3 Å². The zero-order chi connectivity index (χ0) is 7.56. The Morgan fingerprint density at radius 3 is 3.00 bits per heavy atom. The maximum Gasteiger partial charge on any atom is 0.308 e. The second-order valence-electron chi connectivity index (χ2n) is 2.35. The first kappa shape index (κ1) is 7.28. The van der Waals surface area contributed by atoms with E-state index in [-0.39, 0.29) is 24.9 Å². The maximum absolute atomic E-state index is 10.5. The molecule has 0 radical (unpaired) electrons. The summed E-state index contributed by atoms with van der Waals surface area (Å²) in [5, 5.41) is 9.17. The van der Waals surface area contributed by atoms with Gasteiger partial charge in [0.15, 0.2) is 0 Å². The van der Waals surface area contributed by atoms with Gasteiger partial charge in [-0.25, -0.2) is 0 Å². The fourth-order valence-electron chi connectivity index (χ4n) is 0.906. The summed E-state index contributed by atoms with van der Waals surface area (Å²) in [4.78, 5) is 10.5. The molecule has 1 heterocycles. The molecule has 10 heavy (non-hydrogen) atoms. The Morgan fingerprint density at radius 1 is 1.80 bits per heavy atom. The minimum absolute atomic E-state index is 0.0855. The van der Waals surface area contributed by atoms with Crippen molar-refractivity contribution in [1.29, 1.82) is 0 Å². The zero-order valence-electron chi connectivity index (χ0n) is 5.62. The molecule has 1 N–H and O–H groups in total. The normalized spacial score (nSPS) is 33.1. The van der Waals surface area contributed by atoms with Gasteiger partial charge in [-0.2, -0.15) is 0 Å². The van der Waals surface area contributed by atoms with E-state index in [1.165, 1.54) is 0 Å². The third-order valence-corrected chi connectivity index (χ3v) is 1.61. The van der Waals surface area contributed by atoms with E-state index < -0.39 is 6.10 Å². The molecule has 0 bridgehead atoms. The molecule has 0 aliphatic carbocycles. The Kier molecular flexibility index (Phi) is 2.06. The van der Waals surface area contributed by atoms with Gasteiger partial charge in [0.25, 0.3) is 0 Å². The average Bonchev–Trinajstić information content (AvgIpc) is 1.88. The van der Waals surface area contributed by atoms with Gasteiger partial charge in [0.2, 0.25) is 0 Å². The molecule has 0 saturated carbocycles. The lowest BCUT2D eigenvalue weighted by Crippen LogP contribution is -2.33. The molecule has 3 nitrogen and oxygen atoms in total. The number of carbonyl (C=O) groups excluding carboxylic acids is 1. The Morgan fingerprint density at radius 2 is 2.50 bits per heavy atom. The summed E-state index contributed by atoms with van der Waals surface area (Å²) in [7, 11) is 0. The number of aliphatic hydroxyl groups is 1. The molecule has 1 aliphatic heterocycles. The SMILES string of the molecule is C=C[C@H]1COC(=O)CC1O. The minimum Gasteiger partial charge on any atom is -0.465 e. The molecule has 3 heteroatoms. The zero-order valence-corrected chi connectivity index (χ0v) is 5.62. The highest BCUT2D eigenvalue weighted by molar-refractivity contribution is 5.70. The number of hydrogen-bond acceptors (Lipinski definition) is 3. The molecule has 0 aromatic carbocycles. The van der Waals surface area contributed by atoms with E-state index in [1.54, 1.807) is 6.08 Å². The van der Waals surface area contributed by atoms with E-state index in [0.29, 0.717) is 0 Å². The summed E-state index contributed by atoms with van der Waals surface area (Å²) in [5.74, 6) is -0.414. The predicted molar refractivity (Wildman–Crippen MR) is 35.3 cm³/mol. The summed E-state index contributed by atoms with van der Waals surface area (Å²) in [5.41, 5.74) is 0. The van der Waals surface area contributed by atoms with E-state index in [0.717, 1.165) is 0 Å². The maximum atomic E-state index is 10.5. The van der Waals surface area contributed by atoms with Gasteiger partial charge < -0.3 is 9.84 Å². The summed E-state index contributed by atoms with van der Waals surface area (Å²) in [6.45, 7) is 3.78. The highest BCUT2D eigenvalue weighted by Crippen LogP contribution is 2.15. The third-order valence-electron chi connectivity index (χ3n) is 1.61. The predicted octanol–water partition coefficient (Wildman–Crippen LogP) is 0.0964. The lowest BCUT2D eigenvalue weighted by Gasteiger charge is -2.23. The first-order chi connectivity index (χ1) is 4.74. The number of rotatable bonds is 1. The summed E-state index contributed by atoms with van der Waals surface area (Å²) >= 11 is 0. The number of carbonyl (C=O) groups is 1.